The molecule has 106 valence electrons. The number of hydrogen-bond acceptors (Lipinski definition) is 3. The van der Waals surface area contributed by atoms with Gasteiger partial charge in [0.2, 0.25) is 0 Å². The molecule has 3 nitrogen and oxygen atoms in total. The quantitative estimate of drug-likeness (QED) is 0.906. The molecule has 1 aromatic rings. The van der Waals surface area contributed by atoms with Crippen LogP contribution in [-0.2, 0) is 6.42 Å². The van der Waals surface area contributed by atoms with Crippen molar-refractivity contribution in [2.75, 3.05) is 19.1 Å². The number of methoxy groups -OCH3 is 1. The van der Waals surface area contributed by atoms with Crippen LogP contribution in [0.15, 0.2) is 18.2 Å². The molecule has 2 N–H and O–H groups in total. The fourth-order valence-electron chi connectivity index (χ4n) is 2.96. The van der Waals surface area contributed by atoms with Gasteiger partial charge in [-0.15, -0.1) is 0 Å². The molecule has 0 bridgehead atoms. The molecular weight excluding hydrogens is 236 g/mol. The molecule has 0 amide bonds. The Hall–Kier alpha value is -1.22. The van der Waals surface area contributed by atoms with Gasteiger partial charge in [0.1, 0.15) is 5.75 Å². The van der Waals surface area contributed by atoms with Crippen molar-refractivity contribution < 1.29 is 4.74 Å². The summed E-state index contributed by atoms with van der Waals surface area (Å²) in [5, 5.41) is 0. The highest BCUT2D eigenvalue weighted by Gasteiger charge is 2.22. The Balaban J connectivity index is 2.12. The molecule has 1 aliphatic carbocycles. The summed E-state index contributed by atoms with van der Waals surface area (Å²) in [6.07, 6.45) is 5.69. The molecule has 3 heteroatoms. The van der Waals surface area contributed by atoms with E-state index in [0.717, 1.165) is 25.0 Å². The van der Waals surface area contributed by atoms with Crippen LogP contribution in [0.5, 0.6) is 5.75 Å². The smallest absolute Gasteiger partial charge is 0.122 e. The van der Waals surface area contributed by atoms with Crippen LogP contribution in [0.4, 0.5) is 5.69 Å². The van der Waals surface area contributed by atoms with Gasteiger partial charge in [0.05, 0.1) is 7.11 Å². The van der Waals surface area contributed by atoms with Gasteiger partial charge in [-0.1, -0.05) is 6.92 Å². The Morgan fingerprint density at radius 1 is 1.26 bits per heavy atom. The van der Waals surface area contributed by atoms with Crippen LogP contribution in [0.1, 0.15) is 38.2 Å². The molecule has 2 rings (SSSR count). The maximum absolute atomic E-state index is 5.98. The Bertz CT molecular complexity index is 411. The number of benzene rings is 1. The zero-order valence-corrected chi connectivity index (χ0v) is 12.4. The third kappa shape index (κ3) is 3.21. The molecule has 0 heterocycles. The monoisotopic (exact) mass is 262 g/mol. The topological polar surface area (TPSA) is 38.5 Å². The third-order valence-corrected chi connectivity index (χ3v) is 4.34. The van der Waals surface area contributed by atoms with E-state index in [1.165, 1.54) is 24.1 Å². The molecule has 1 saturated carbocycles. The van der Waals surface area contributed by atoms with E-state index in [1.807, 2.05) is 0 Å². The summed E-state index contributed by atoms with van der Waals surface area (Å²) in [4.78, 5) is 2.41. The van der Waals surface area contributed by atoms with E-state index in [-0.39, 0.29) is 0 Å². The van der Waals surface area contributed by atoms with Gasteiger partial charge in [-0.3, -0.25) is 0 Å². The minimum Gasteiger partial charge on any atom is -0.496 e. The second-order valence-electron chi connectivity index (χ2n) is 5.53. The summed E-state index contributed by atoms with van der Waals surface area (Å²) in [7, 11) is 3.93. The Kier molecular flexibility index (Phi) is 4.70. The predicted molar refractivity (Wildman–Crippen MR) is 81.0 cm³/mol. The fourth-order valence-corrected chi connectivity index (χ4v) is 2.96. The SMILES string of the molecule is CCc1cc(N(C)C2CCC(N)CC2)ccc1OC. The third-order valence-electron chi connectivity index (χ3n) is 4.34. The second-order valence-corrected chi connectivity index (χ2v) is 5.53. The summed E-state index contributed by atoms with van der Waals surface area (Å²) in [6, 6.07) is 7.53. The molecule has 1 fully saturated rings. The first kappa shape index (κ1) is 14.2. The number of aryl methyl sites for hydroxylation is 1. The van der Waals surface area contributed by atoms with Crippen LogP contribution < -0.4 is 15.4 Å². The number of anilines is 1. The Morgan fingerprint density at radius 3 is 2.53 bits per heavy atom. The lowest BCUT2D eigenvalue weighted by Gasteiger charge is -2.35. The van der Waals surface area contributed by atoms with Gasteiger partial charge < -0.3 is 15.4 Å². The van der Waals surface area contributed by atoms with Crippen LogP contribution >= 0.6 is 0 Å². The van der Waals surface area contributed by atoms with Crippen molar-refractivity contribution in [3.63, 3.8) is 0 Å². The molecule has 0 aromatic heterocycles. The van der Waals surface area contributed by atoms with Gasteiger partial charge in [-0.25, -0.2) is 0 Å². The molecule has 1 aromatic carbocycles. The average molecular weight is 262 g/mol. The van der Waals surface area contributed by atoms with Gasteiger partial charge in [0, 0.05) is 24.8 Å². The van der Waals surface area contributed by atoms with E-state index in [4.69, 9.17) is 10.5 Å². The van der Waals surface area contributed by atoms with Crippen molar-refractivity contribution in [3.05, 3.63) is 23.8 Å². The summed E-state index contributed by atoms with van der Waals surface area (Å²) in [5.41, 5.74) is 8.55. The lowest BCUT2D eigenvalue weighted by Crippen LogP contribution is -2.38. The molecule has 0 unspecified atom stereocenters. The van der Waals surface area contributed by atoms with E-state index in [1.54, 1.807) is 7.11 Å². The number of ether oxygens (including phenoxy) is 1. The Morgan fingerprint density at radius 2 is 1.95 bits per heavy atom. The molecule has 19 heavy (non-hydrogen) atoms. The lowest BCUT2D eigenvalue weighted by molar-refractivity contribution is 0.384. The second kappa shape index (κ2) is 6.29. The summed E-state index contributed by atoms with van der Waals surface area (Å²) < 4.78 is 5.40. The normalized spacial score (nSPS) is 23.2. The van der Waals surface area contributed by atoms with Crippen LogP contribution in [0.25, 0.3) is 0 Å². The number of nitrogens with two attached hydrogens (primary N) is 1. The van der Waals surface area contributed by atoms with E-state index >= 15 is 0 Å². The number of hydrogen-bond donors (Lipinski definition) is 1. The van der Waals surface area contributed by atoms with Gasteiger partial charge >= 0.3 is 0 Å². The maximum atomic E-state index is 5.98. The molecule has 0 radical (unpaired) electrons. The van der Waals surface area contributed by atoms with Crippen molar-refractivity contribution in [1.82, 2.24) is 0 Å². The molecule has 0 atom stereocenters. The van der Waals surface area contributed by atoms with Crippen LogP contribution in [0, 0.1) is 0 Å². The average Bonchev–Trinajstić information content (AvgIpc) is 2.46. The number of rotatable bonds is 4. The Labute approximate surface area is 116 Å². The molecule has 1 aliphatic rings. The predicted octanol–water partition coefficient (Wildman–Crippen LogP) is 2.96. The standard InChI is InChI=1S/C16H26N2O/c1-4-12-11-15(9-10-16(12)19-3)18(2)14-7-5-13(17)6-8-14/h9-11,13-14H,4-8,17H2,1-3H3. The van der Waals surface area contributed by atoms with Crippen LogP contribution in [0.3, 0.4) is 0 Å². The van der Waals surface area contributed by atoms with E-state index in [9.17, 15) is 0 Å². The molecule has 0 saturated heterocycles. The van der Waals surface area contributed by atoms with Crippen molar-refractivity contribution in [2.24, 2.45) is 5.73 Å². The van der Waals surface area contributed by atoms with Crippen molar-refractivity contribution in [3.8, 4) is 5.75 Å². The fraction of sp³-hybridized carbons (Fsp3) is 0.625. The zero-order valence-electron chi connectivity index (χ0n) is 12.4. The molecule has 0 aliphatic heterocycles. The van der Waals surface area contributed by atoms with Gasteiger partial charge in [-0.2, -0.15) is 0 Å². The first-order valence-electron chi connectivity index (χ1n) is 7.31. The van der Waals surface area contributed by atoms with Crippen LogP contribution in [-0.4, -0.2) is 26.2 Å². The minimum absolute atomic E-state index is 0.409. The molecule has 0 spiro atoms. The van der Waals surface area contributed by atoms with Gasteiger partial charge in [-0.05, 0) is 55.9 Å². The van der Waals surface area contributed by atoms with Crippen molar-refractivity contribution in [1.29, 1.82) is 0 Å². The van der Waals surface area contributed by atoms with Crippen molar-refractivity contribution >= 4 is 5.69 Å². The first-order chi connectivity index (χ1) is 9.15. The zero-order chi connectivity index (χ0) is 13.8. The minimum atomic E-state index is 0.409. The van der Waals surface area contributed by atoms with E-state index in [2.05, 4.69) is 37.1 Å². The van der Waals surface area contributed by atoms with Crippen LogP contribution in [0.2, 0.25) is 0 Å². The van der Waals surface area contributed by atoms with Gasteiger partial charge in [0.15, 0.2) is 0 Å². The largest absolute Gasteiger partial charge is 0.496 e. The van der Waals surface area contributed by atoms with E-state index in [0.29, 0.717) is 12.1 Å². The first-order valence-corrected chi connectivity index (χ1v) is 7.31. The lowest BCUT2D eigenvalue weighted by atomic mass is 9.90. The highest BCUT2D eigenvalue weighted by Crippen LogP contribution is 2.29. The van der Waals surface area contributed by atoms with Gasteiger partial charge in [0.25, 0.3) is 0 Å². The number of nitrogens with zero attached hydrogens (tertiary/aromatic N) is 1. The highest BCUT2D eigenvalue weighted by atomic mass is 16.5. The summed E-state index contributed by atoms with van der Waals surface area (Å²) >= 11 is 0. The maximum Gasteiger partial charge on any atom is 0.122 e. The summed E-state index contributed by atoms with van der Waals surface area (Å²) in [5.74, 6) is 0.991. The van der Waals surface area contributed by atoms with E-state index < -0.39 is 0 Å². The molecular formula is C16H26N2O. The summed E-state index contributed by atoms with van der Waals surface area (Å²) in [6.45, 7) is 2.17. The van der Waals surface area contributed by atoms with Crippen molar-refractivity contribution in [2.45, 2.75) is 51.1 Å². The highest BCUT2D eigenvalue weighted by molar-refractivity contribution is 5.53.